The Hall–Kier alpha value is -1.52. The van der Waals surface area contributed by atoms with Gasteiger partial charge in [-0.3, -0.25) is 4.79 Å². The number of rotatable bonds is 1. The molecular formula is C13H11Cl2N3O. The molecule has 0 amide bonds. The molecule has 1 aliphatic rings. The van der Waals surface area contributed by atoms with E-state index < -0.39 is 0 Å². The summed E-state index contributed by atoms with van der Waals surface area (Å²) in [6.07, 6.45) is 2.48. The van der Waals surface area contributed by atoms with E-state index in [1.807, 2.05) is 23.1 Å². The van der Waals surface area contributed by atoms with Gasteiger partial charge in [-0.2, -0.15) is 5.10 Å². The van der Waals surface area contributed by atoms with E-state index in [2.05, 4.69) is 10.2 Å². The molecular weight excluding hydrogens is 285 g/mol. The van der Waals surface area contributed by atoms with Crippen molar-refractivity contribution in [1.82, 2.24) is 10.2 Å². The molecule has 0 unspecified atom stereocenters. The Morgan fingerprint density at radius 1 is 1.26 bits per heavy atom. The number of nitrogens with one attached hydrogen (secondary N) is 1. The fourth-order valence-electron chi connectivity index (χ4n) is 2.33. The van der Waals surface area contributed by atoms with Gasteiger partial charge in [-0.25, -0.2) is 5.10 Å². The Morgan fingerprint density at radius 2 is 2.11 bits per heavy atom. The van der Waals surface area contributed by atoms with Crippen molar-refractivity contribution in [1.29, 1.82) is 0 Å². The number of hydrogen-bond donors (Lipinski definition) is 1. The Labute approximate surface area is 120 Å². The predicted molar refractivity (Wildman–Crippen MR) is 76.1 cm³/mol. The lowest BCUT2D eigenvalue weighted by molar-refractivity contribution is 0.726. The molecule has 2 heterocycles. The maximum absolute atomic E-state index is 11.5. The zero-order valence-corrected chi connectivity index (χ0v) is 11.5. The van der Waals surface area contributed by atoms with Crippen LogP contribution in [0.1, 0.15) is 11.1 Å². The molecule has 1 N–H and O–H groups in total. The van der Waals surface area contributed by atoms with Gasteiger partial charge in [0, 0.05) is 18.1 Å². The number of benzene rings is 1. The largest absolute Gasteiger partial charge is 0.364 e. The summed E-state index contributed by atoms with van der Waals surface area (Å²) < 4.78 is 0. The van der Waals surface area contributed by atoms with Gasteiger partial charge in [-0.1, -0.05) is 29.3 Å². The maximum atomic E-state index is 11.5. The molecule has 0 fully saturated rings. The highest BCUT2D eigenvalue weighted by molar-refractivity contribution is 6.33. The van der Waals surface area contributed by atoms with Crippen molar-refractivity contribution in [3.63, 3.8) is 0 Å². The molecule has 0 atom stereocenters. The zero-order valence-electron chi connectivity index (χ0n) is 9.99. The quantitative estimate of drug-likeness (QED) is 0.880. The molecule has 0 spiro atoms. The number of hydrogen-bond acceptors (Lipinski definition) is 3. The topological polar surface area (TPSA) is 49.0 Å². The maximum Gasteiger partial charge on any atom is 0.285 e. The molecule has 0 saturated heterocycles. The average molecular weight is 296 g/mol. The molecule has 6 heteroatoms. The lowest BCUT2D eigenvalue weighted by Crippen LogP contribution is -2.31. The standard InChI is InChI=1S/C13H11Cl2N3O/c14-10-2-1-8-3-4-18(7-9(8)5-10)11-6-16-17-13(19)12(11)15/h1-2,5-6H,3-4,7H2,(H,17,19). The first kappa shape index (κ1) is 12.5. The number of H-pyrrole nitrogens is 1. The van der Waals surface area contributed by atoms with Crippen LogP contribution in [0.2, 0.25) is 10.0 Å². The number of nitrogens with zero attached hydrogens (tertiary/aromatic N) is 2. The monoisotopic (exact) mass is 295 g/mol. The Balaban J connectivity index is 1.97. The van der Waals surface area contributed by atoms with E-state index in [0.29, 0.717) is 12.2 Å². The van der Waals surface area contributed by atoms with Crippen molar-refractivity contribution < 1.29 is 0 Å². The van der Waals surface area contributed by atoms with E-state index in [1.165, 1.54) is 5.56 Å². The lowest BCUT2D eigenvalue weighted by Gasteiger charge is -2.30. The van der Waals surface area contributed by atoms with Gasteiger partial charge in [0.1, 0.15) is 5.02 Å². The van der Waals surface area contributed by atoms with Crippen LogP contribution in [0.15, 0.2) is 29.2 Å². The van der Waals surface area contributed by atoms with E-state index in [0.717, 1.165) is 23.6 Å². The molecule has 1 aromatic heterocycles. The molecule has 98 valence electrons. The first-order chi connectivity index (χ1) is 9.15. The smallest absolute Gasteiger partial charge is 0.285 e. The highest BCUT2D eigenvalue weighted by Gasteiger charge is 2.20. The van der Waals surface area contributed by atoms with Gasteiger partial charge in [0.05, 0.1) is 11.9 Å². The summed E-state index contributed by atoms with van der Waals surface area (Å²) in [6, 6.07) is 5.90. The first-order valence-corrected chi connectivity index (χ1v) is 6.66. The van der Waals surface area contributed by atoms with Crippen molar-refractivity contribution >= 4 is 28.9 Å². The molecule has 0 bridgehead atoms. The minimum Gasteiger partial charge on any atom is -0.364 e. The lowest BCUT2D eigenvalue weighted by atomic mass is 9.99. The SMILES string of the molecule is O=c1[nH]ncc(N2CCc3ccc(Cl)cc3C2)c1Cl. The highest BCUT2D eigenvalue weighted by atomic mass is 35.5. The van der Waals surface area contributed by atoms with Crippen molar-refractivity contribution in [3.8, 4) is 0 Å². The zero-order chi connectivity index (χ0) is 13.4. The summed E-state index contributed by atoms with van der Waals surface area (Å²) in [5.41, 5.74) is 2.75. The molecule has 0 aliphatic carbocycles. The van der Waals surface area contributed by atoms with E-state index in [4.69, 9.17) is 23.2 Å². The van der Waals surface area contributed by atoms with Crippen LogP contribution < -0.4 is 10.5 Å². The second-order valence-electron chi connectivity index (χ2n) is 4.48. The number of aromatic amines is 1. The normalized spacial score (nSPS) is 14.3. The fourth-order valence-corrected chi connectivity index (χ4v) is 2.73. The van der Waals surface area contributed by atoms with E-state index in [-0.39, 0.29) is 10.6 Å². The number of fused-ring (bicyclic) bond motifs is 1. The van der Waals surface area contributed by atoms with Crippen molar-refractivity contribution in [2.24, 2.45) is 0 Å². The van der Waals surface area contributed by atoms with Gasteiger partial charge in [-0.05, 0) is 29.7 Å². The van der Waals surface area contributed by atoms with E-state index >= 15 is 0 Å². The van der Waals surface area contributed by atoms with Crippen molar-refractivity contribution in [2.75, 3.05) is 11.4 Å². The van der Waals surface area contributed by atoms with Crippen molar-refractivity contribution in [2.45, 2.75) is 13.0 Å². The predicted octanol–water partition coefficient (Wildman–Crippen LogP) is 2.64. The van der Waals surface area contributed by atoms with E-state index in [9.17, 15) is 4.79 Å². The van der Waals surface area contributed by atoms with Gasteiger partial charge in [0.25, 0.3) is 5.56 Å². The molecule has 2 aromatic rings. The molecule has 1 aliphatic heterocycles. The Kier molecular flexibility index (Phi) is 3.21. The molecule has 4 nitrogen and oxygen atoms in total. The summed E-state index contributed by atoms with van der Waals surface area (Å²) in [7, 11) is 0. The summed E-state index contributed by atoms with van der Waals surface area (Å²) in [4.78, 5) is 13.5. The third-order valence-corrected chi connectivity index (χ3v) is 3.90. The van der Waals surface area contributed by atoms with Crippen LogP contribution in [0.5, 0.6) is 0 Å². The molecule has 0 saturated carbocycles. The second kappa shape index (κ2) is 4.87. The van der Waals surface area contributed by atoms with Crippen LogP contribution in [-0.4, -0.2) is 16.7 Å². The van der Waals surface area contributed by atoms with Crippen LogP contribution in [-0.2, 0) is 13.0 Å². The summed E-state index contributed by atoms with van der Waals surface area (Å²) in [5.74, 6) is 0. The second-order valence-corrected chi connectivity index (χ2v) is 5.30. The fraction of sp³-hybridized carbons (Fsp3) is 0.231. The van der Waals surface area contributed by atoms with Gasteiger partial charge >= 0.3 is 0 Å². The average Bonchev–Trinajstić information content (AvgIpc) is 2.41. The number of anilines is 1. The highest BCUT2D eigenvalue weighted by Crippen LogP contribution is 2.28. The third-order valence-electron chi connectivity index (χ3n) is 3.30. The van der Waals surface area contributed by atoms with Crippen molar-refractivity contribution in [3.05, 3.63) is 55.9 Å². The van der Waals surface area contributed by atoms with Crippen LogP contribution in [0.3, 0.4) is 0 Å². The summed E-state index contributed by atoms with van der Waals surface area (Å²) >= 11 is 12.0. The van der Waals surface area contributed by atoms with Gasteiger partial charge in [0.15, 0.2) is 0 Å². The van der Waals surface area contributed by atoms with Gasteiger partial charge < -0.3 is 4.90 Å². The van der Waals surface area contributed by atoms with Gasteiger partial charge in [0.2, 0.25) is 0 Å². The van der Waals surface area contributed by atoms with Crippen LogP contribution in [0.25, 0.3) is 0 Å². The van der Waals surface area contributed by atoms with Crippen LogP contribution >= 0.6 is 23.2 Å². The van der Waals surface area contributed by atoms with Crippen LogP contribution in [0, 0.1) is 0 Å². The Bertz CT molecular complexity index is 684. The molecule has 3 rings (SSSR count). The van der Waals surface area contributed by atoms with Crippen LogP contribution in [0.4, 0.5) is 5.69 Å². The first-order valence-electron chi connectivity index (χ1n) is 5.90. The molecule has 19 heavy (non-hydrogen) atoms. The summed E-state index contributed by atoms with van der Waals surface area (Å²) in [5, 5.41) is 7.03. The summed E-state index contributed by atoms with van der Waals surface area (Å²) in [6.45, 7) is 1.49. The Morgan fingerprint density at radius 3 is 2.95 bits per heavy atom. The third kappa shape index (κ3) is 2.33. The molecule has 1 aromatic carbocycles. The minimum absolute atomic E-state index is 0.181. The van der Waals surface area contributed by atoms with E-state index in [1.54, 1.807) is 6.20 Å². The number of aromatic nitrogens is 2. The molecule has 0 radical (unpaired) electrons. The van der Waals surface area contributed by atoms with Gasteiger partial charge in [-0.15, -0.1) is 0 Å². The minimum atomic E-state index is -0.365. The number of halogens is 2.